The predicted octanol–water partition coefficient (Wildman–Crippen LogP) is 3.33. The van der Waals surface area contributed by atoms with Crippen LogP contribution in [0.5, 0.6) is 0 Å². The first-order valence-electron chi connectivity index (χ1n) is 11.3. The number of benzene rings is 1. The normalized spacial score (nSPS) is 11.9. The first-order valence-corrected chi connectivity index (χ1v) is 12.2. The molecule has 1 aromatic carbocycles. The first kappa shape index (κ1) is 25.5. The van der Waals surface area contributed by atoms with Gasteiger partial charge in [0.05, 0.1) is 5.75 Å². The zero-order valence-electron chi connectivity index (χ0n) is 20.5. The molecule has 0 saturated carbocycles. The van der Waals surface area contributed by atoms with Crippen LogP contribution >= 0.6 is 11.8 Å². The number of anilines is 1. The van der Waals surface area contributed by atoms with E-state index in [-0.39, 0.29) is 28.5 Å². The number of nitrogens with one attached hydrogen (secondary N) is 1. The van der Waals surface area contributed by atoms with Gasteiger partial charge in [0, 0.05) is 18.7 Å². The number of rotatable bonds is 8. The minimum absolute atomic E-state index is 0.0512. The van der Waals surface area contributed by atoms with Gasteiger partial charge in [-0.3, -0.25) is 19.1 Å². The van der Waals surface area contributed by atoms with Crippen LogP contribution in [0, 0.1) is 5.92 Å². The number of Topliss-reactive ketones (excluding diaryl/α,β-unsaturated/α-hetero) is 1. The smallest absolute Gasteiger partial charge is 0.329 e. The van der Waals surface area contributed by atoms with Crippen LogP contribution in [0.3, 0.4) is 0 Å². The zero-order chi connectivity index (χ0) is 25.2. The number of thioether (sulfide) groups is 1. The molecule has 0 unspecified atom stereocenters. The molecule has 0 aliphatic rings. The molecular weight excluding hydrogens is 452 g/mol. The molecule has 182 valence electrons. The molecule has 0 amide bonds. The molecule has 3 N–H and O–H groups in total. The summed E-state index contributed by atoms with van der Waals surface area (Å²) in [4.78, 5) is 39.6. The summed E-state index contributed by atoms with van der Waals surface area (Å²) < 4.78 is 3.16. The highest BCUT2D eigenvalue weighted by Crippen LogP contribution is 2.28. The summed E-state index contributed by atoms with van der Waals surface area (Å²) >= 11 is 1.18. The van der Waals surface area contributed by atoms with E-state index in [1.54, 1.807) is 0 Å². The number of aromatic amines is 1. The zero-order valence-corrected chi connectivity index (χ0v) is 21.3. The monoisotopic (exact) mass is 484 g/mol. The Balaban J connectivity index is 1.85. The largest absolute Gasteiger partial charge is 0.384 e. The average Bonchev–Trinajstić information content (AvgIpc) is 3.17. The standard InChI is InChI=1S/C24H32N6O3S/c1-7-29-20(15-8-10-16(11-9-15)24(4,5)6)27-28-23(29)34-13-17(31)18-19(25)30(12-14(2)3)22(33)26-21(18)32/h8-11,14H,7,12-13,25H2,1-6H3,(H,26,32,33). The number of H-pyrrole nitrogens is 1. The van der Waals surface area contributed by atoms with Gasteiger partial charge in [-0.25, -0.2) is 4.79 Å². The molecule has 0 saturated heterocycles. The number of nitrogen functional groups attached to an aromatic ring is 1. The van der Waals surface area contributed by atoms with Gasteiger partial charge in [-0.05, 0) is 23.8 Å². The van der Waals surface area contributed by atoms with Gasteiger partial charge in [0.1, 0.15) is 11.4 Å². The SMILES string of the molecule is CCn1c(SCC(=O)c2c(N)n(CC(C)C)c(=O)[nH]c2=O)nnc1-c1ccc(C(C)(C)C)cc1. The molecule has 2 aromatic heterocycles. The maximum Gasteiger partial charge on any atom is 0.329 e. The van der Waals surface area contributed by atoms with Gasteiger partial charge in [-0.2, -0.15) is 0 Å². The fraction of sp³-hybridized carbons (Fsp3) is 0.458. The minimum Gasteiger partial charge on any atom is -0.384 e. The van der Waals surface area contributed by atoms with Crippen molar-refractivity contribution < 1.29 is 4.79 Å². The number of aromatic nitrogens is 5. The first-order chi connectivity index (χ1) is 15.9. The third-order valence-corrected chi connectivity index (χ3v) is 6.41. The maximum absolute atomic E-state index is 12.9. The summed E-state index contributed by atoms with van der Waals surface area (Å²) in [6.45, 7) is 13.2. The molecule has 0 radical (unpaired) electrons. The Labute approximate surface area is 202 Å². The summed E-state index contributed by atoms with van der Waals surface area (Å²) in [7, 11) is 0. The van der Waals surface area contributed by atoms with E-state index in [2.05, 4.69) is 48.1 Å². The molecule has 3 rings (SSSR count). The van der Waals surface area contributed by atoms with Crippen LogP contribution in [0.25, 0.3) is 11.4 Å². The molecule has 0 aliphatic carbocycles. The van der Waals surface area contributed by atoms with Gasteiger partial charge in [-0.1, -0.05) is 70.6 Å². The van der Waals surface area contributed by atoms with E-state index in [0.29, 0.717) is 24.1 Å². The molecule has 0 spiro atoms. The molecule has 9 nitrogen and oxygen atoms in total. The highest BCUT2D eigenvalue weighted by Gasteiger charge is 2.22. The fourth-order valence-corrected chi connectivity index (χ4v) is 4.49. The fourth-order valence-electron chi connectivity index (χ4n) is 3.62. The molecule has 2 heterocycles. The number of carbonyl (C=O) groups excluding carboxylic acids is 1. The number of carbonyl (C=O) groups is 1. The third-order valence-electron chi connectivity index (χ3n) is 5.44. The molecule has 0 bridgehead atoms. The van der Waals surface area contributed by atoms with Crippen molar-refractivity contribution in [2.24, 2.45) is 5.92 Å². The van der Waals surface area contributed by atoms with Crippen molar-refractivity contribution in [1.82, 2.24) is 24.3 Å². The summed E-state index contributed by atoms with van der Waals surface area (Å²) in [5, 5.41) is 9.17. The lowest BCUT2D eigenvalue weighted by Crippen LogP contribution is -2.37. The molecule has 0 aliphatic heterocycles. The van der Waals surface area contributed by atoms with E-state index in [9.17, 15) is 14.4 Å². The lowest BCUT2D eigenvalue weighted by atomic mass is 9.87. The Bertz CT molecular complexity index is 1300. The van der Waals surface area contributed by atoms with Crippen LogP contribution in [0.1, 0.15) is 57.5 Å². The van der Waals surface area contributed by atoms with E-state index in [1.807, 2.05) is 37.5 Å². The molecule has 3 aromatic rings. The second-order valence-corrected chi connectivity index (χ2v) is 10.6. The highest BCUT2D eigenvalue weighted by molar-refractivity contribution is 7.99. The van der Waals surface area contributed by atoms with Gasteiger partial charge >= 0.3 is 5.69 Å². The van der Waals surface area contributed by atoms with Crippen LogP contribution in [0.4, 0.5) is 5.82 Å². The summed E-state index contributed by atoms with van der Waals surface area (Å²) in [5.74, 6) is 0.185. The molecular formula is C24H32N6O3S. The Hall–Kier alpha value is -3.14. The molecule has 0 fully saturated rings. The second kappa shape index (κ2) is 10.0. The van der Waals surface area contributed by atoms with Gasteiger partial charge in [0.15, 0.2) is 16.8 Å². The average molecular weight is 485 g/mol. The van der Waals surface area contributed by atoms with Crippen LogP contribution < -0.4 is 17.0 Å². The number of hydrogen-bond acceptors (Lipinski definition) is 7. The summed E-state index contributed by atoms with van der Waals surface area (Å²) in [6.07, 6.45) is 0. The van der Waals surface area contributed by atoms with E-state index in [4.69, 9.17) is 5.73 Å². The Morgan fingerprint density at radius 1 is 1.12 bits per heavy atom. The van der Waals surface area contributed by atoms with Gasteiger partial charge < -0.3 is 10.3 Å². The third kappa shape index (κ3) is 5.32. The van der Waals surface area contributed by atoms with Crippen molar-refractivity contribution in [3.8, 4) is 11.4 Å². The van der Waals surface area contributed by atoms with Crippen molar-refractivity contribution in [1.29, 1.82) is 0 Å². The Kier molecular flexibility index (Phi) is 7.50. The van der Waals surface area contributed by atoms with E-state index >= 15 is 0 Å². The van der Waals surface area contributed by atoms with Crippen LogP contribution in [0.2, 0.25) is 0 Å². The van der Waals surface area contributed by atoms with Crippen molar-refractivity contribution in [3.05, 3.63) is 56.2 Å². The van der Waals surface area contributed by atoms with E-state index in [0.717, 1.165) is 5.56 Å². The topological polar surface area (TPSA) is 129 Å². The molecule has 10 heteroatoms. The van der Waals surface area contributed by atoms with Crippen molar-refractivity contribution in [2.45, 2.75) is 65.2 Å². The maximum atomic E-state index is 12.9. The number of nitrogens with zero attached hydrogens (tertiary/aromatic N) is 4. The summed E-state index contributed by atoms with van der Waals surface area (Å²) in [6, 6.07) is 8.21. The number of ketones is 1. The van der Waals surface area contributed by atoms with E-state index < -0.39 is 17.0 Å². The van der Waals surface area contributed by atoms with Crippen molar-refractivity contribution >= 4 is 23.4 Å². The quantitative estimate of drug-likeness (QED) is 0.371. The number of hydrogen-bond donors (Lipinski definition) is 2. The molecule has 0 atom stereocenters. The minimum atomic E-state index is -0.773. The van der Waals surface area contributed by atoms with Crippen LogP contribution in [0.15, 0.2) is 39.0 Å². The van der Waals surface area contributed by atoms with Crippen molar-refractivity contribution in [3.63, 3.8) is 0 Å². The lowest BCUT2D eigenvalue weighted by Gasteiger charge is -2.19. The predicted molar refractivity (Wildman–Crippen MR) is 135 cm³/mol. The van der Waals surface area contributed by atoms with Crippen molar-refractivity contribution in [2.75, 3.05) is 11.5 Å². The van der Waals surface area contributed by atoms with E-state index in [1.165, 1.54) is 21.9 Å². The highest BCUT2D eigenvalue weighted by atomic mass is 32.2. The van der Waals surface area contributed by atoms with Crippen LogP contribution in [-0.2, 0) is 18.5 Å². The lowest BCUT2D eigenvalue weighted by molar-refractivity contribution is 0.102. The Morgan fingerprint density at radius 3 is 2.32 bits per heavy atom. The van der Waals surface area contributed by atoms with Gasteiger partial charge in [0.25, 0.3) is 5.56 Å². The van der Waals surface area contributed by atoms with Crippen LogP contribution in [-0.4, -0.2) is 35.9 Å². The number of nitrogens with two attached hydrogens (primary N) is 1. The second-order valence-electron chi connectivity index (χ2n) is 9.61. The van der Waals surface area contributed by atoms with Gasteiger partial charge in [0.2, 0.25) is 0 Å². The summed E-state index contributed by atoms with van der Waals surface area (Å²) in [5.41, 5.74) is 6.68. The van der Waals surface area contributed by atoms with Gasteiger partial charge in [-0.15, -0.1) is 10.2 Å². The molecule has 34 heavy (non-hydrogen) atoms. The Morgan fingerprint density at radius 2 is 1.76 bits per heavy atom.